The summed E-state index contributed by atoms with van der Waals surface area (Å²) in [4.78, 5) is 9.48. The van der Waals surface area contributed by atoms with Crippen LogP contribution in [0.25, 0.3) is 10.9 Å². The lowest BCUT2D eigenvalue weighted by atomic mass is 10.1. The molecule has 0 bridgehead atoms. The first-order chi connectivity index (χ1) is 9.28. The maximum atomic E-state index is 6.09. The van der Waals surface area contributed by atoms with Crippen LogP contribution in [-0.4, -0.2) is 43.1 Å². The van der Waals surface area contributed by atoms with E-state index in [1.165, 1.54) is 5.56 Å². The molecule has 0 N–H and O–H groups in total. The molecule has 1 aromatic carbocycles. The molecule has 19 heavy (non-hydrogen) atoms. The summed E-state index contributed by atoms with van der Waals surface area (Å²) in [6, 6.07) is 10.4. The van der Waals surface area contributed by atoms with Gasteiger partial charge in [0.05, 0.1) is 5.52 Å². The number of pyridine rings is 1. The van der Waals surface area contributed by atoms with Crippen LogP contribution in [0.2, 0.25) is 0 Å². The van der Waals surface area contributed by atoms with Crippen molar-refractivity contribution >= 4 is 28.3 Å². The van der Waals surface area contributed by atoms with Gasteiger partial charge in [0, 0.05) is 37.4 Å². The largest absolute Gasteiger partial charge is 0.354 e. The van der Waals surface area contributed by atoms with Crippen molar-refractivity contribution in [3.05, 3.63) is 35.9 Å². The fourth-order valence-corrected chi connectivity index (χ4v) is 2.76. The maximum Gasteiger partial charge on any atom is 0.129 e. The van der Waals surface area contributed by atoms with Gasteiger partial charge >= 0.3 is 0 Å². The quantitative estimate of drug-likeness (QED) is 0.786. The molecule has 0 spiro atoms. The van der Waals surface area contributed by atoms with Gasteiger partial charge in [-0.3, -0.25) is 0 Å². The minimum Gasteiger partial charge on any atom is -0.354 e. The predicted octanol–water partition coefficient (Wildman–Crippen LogP) is 2.73. The van der Waals surface area contributed by atoms with Gasteiger partial charge in [0.2, 0.25) is 0 Å². The van der Waals surface area contributed by atoms with Crippen LogP contribution in [0.1, 0.15) is 5.56 Å². The van der Waals surface area contributed by atoms with E-state index in [1.807, 2.05) is 12.1 Å². The maximum absolute atomic E-state index is 6.09. The summed E-state index contributed by atoms with van der Waals surface area (Å²) in [6.45, 7) is 4.24. The average molecular weight is 276 g/mol. The molecule has 1 saturated heterocycles. The Labute approximate surface area is 118 Å². The highest BCUT2D eigenvalue weighted by atomic mass is 35.5. The van der Waals surface area contributed by atoms with Gasteiger partial charge in [0.25, 0.3) is 0 Å². The molecule has 1 aliphatic rings. The predicted molar refractivity (Wildman–Crippen MR) is 81.0 cm³/mol. The van der Waals surface area contributed by atoms with Gasteiger partial charge in [-0.2, -0.15) is 0 Å². The molecular formula is C15H18ClN3. The van der Waals surface area contributed by atoms with Crippen molar-refractivity contribution in [2.45, 2.75) is 5.88 Å². The van der Waals surface area contributed by atoms with E-state index in [1.54, 1.807) is 0 Å². The van der Waals surface area contributed by atoms with Crippen LogP contribution in [-0.2, 0) is 5.88 Å². The Bertz CT molecular complexity index is 577. The highest BCUT2D eigenvalue weighted by Gasteiger charge is 2.16. The van der Waals surface area contributed by atoms with Crippen LogP contribution >= 0.6 is 11.6 Å². The standard InChI is InChI=1S/C15H18ClN3/c1-18-6-8-19(9-7-18)15-10-12(11-16)13-4-2-3-5-14(13)17-15/h2-5,10H,6-9,11H2,1H3. The number of fused-ring (bicyclic) bond motifs is 1. The number of hydrogen-bond donors (Lipinski definition) is 0. The Balaban J connectivity index is 2.00. The summed E-state index contributed by atoms with van der Waals surface area (Å²) in [5, 5.41) is 1.16. The van der Waals surface area contributed by atoms with Gasteiger partial charge in [-0.1, -0.05) is 18.2 Å². The molecule has 0 radical (unpaired) electrons. The lowest BCUT2D eigenvalue weighted by Gasteiger charge is -2.33. The molecule has 0 aliphatic carbocycles. The Morgan fingerprint density at radius 1 is 1.16 bits per heavy atom. The van der Waals surface area contributed by atoms with Crippen molar-refractivity contribution in [3.63, 3.8) is 0 Å². The van der Waals surface area contributed by atoms with Crippen molar-refractivity contribution in [3.8, 4) is 0 Å². The van der Waals surface area contributed by atoms with Crippen LogP contribution in [0.15, 0.2) is 30.3 Å². The van der Waals surface area contributed by atoms with E-state index in [0.717, 1.165) is 42.9 Å². The van der Waals surface area contributed by atoms with Crippen LogP contribution in [0.4, 0.5) is 5.82 Å². The van der Waals surface area contributed by atoms with E-state index < -0.39 is 0 Å². The molecule has 100 valence electrons. The first kappa shape index (κ1) is 12.7. The Hall–Kier alpha value is -1.32. The minimum atomic E-state index is 0.532. The van der Waals surface area contributed by atoms with E-state index in [-0.39, 0.29) is 0 Å². The number of piperazine rings is 1. The number of aromatic nitrogens is 1. The van der Waals surface area contributed by atoms with Crippen LogP contribution < -0.4 is 4.90 Å². The monoisotopic (exact) mass is 275 g/mol. The van der Waals surface area contributed by atoms with Crippen LogP contribution in [0, 0.1) is 0 Å². The van der Waals surface area contributed by atoms with E-state index >= 15 is 0 Å². The number of nitrogens with zero attached hydrogens (tertiary/aromatic N) is 3. The summed E-state index contributed by atoms with van der Waals surface area (Å²) in [6.07, 6.45) is 0. The normalized spacial score (nSPS) is 17.1. The fourth-order valence-electron chi connectivity index (χ4n) is 2.54. The number of rotatable bonds is 2. The summed E-state index contributed by atoms with van der Waals surface area (Å²) in [5.74, 6) is 1.59. The smallest absolute Gasteiger partial charge is 0.129 e. The van der Waals surface area contributed by atoms with Crippen molar-refractivity contribution < 1.29 is 0 Å². The van der Waals surface area contributed by atoms with Crippen molar-refractivity contribution in [1.29, 1.82) is 0 Å². The number of halogens is 1. The summed E-state index contributed by atoms with van der Waals surface area (Å²) in [5.41, 5.74) is 2.20. The van der Waals surface area contributed by atoms with E-state index in [9.17, 15) is 0 Å². The molecule has 3 nitrogen and oxygen atoms in total. The average Bonchev–Trinajstić information content (AvgIpc) is 2.47. The topological polar surface area (TPSA) is 19.4 Å². The highest BCUT2D eigenvalue weighted by Crippen LogP contribution is 2.24. The molecule has 3 rings (SSSR count). The molecule has 1 fully saturated rings. The zero-order chi connectivity index (χ0) is 13.2. The van der Waals surface area contributed by atoms with Crippen LogP contribution in [0.5, 0.6) is 0 Å². The van der Waals surface area contributed by atoms with E-state index in [0.29, 0.717) is 5.88 Å². The molecule has 0 atom stereocenters. The number of benzene rings is 1. The number of likely N-dealkylation sites (N-methyl/N-ethyl adjacent to an activating group) is 1. The molecule has 1 aromatic heterocycles. The molecule has 2 heterocycles. The van der Waals surface area contributed by atoms with Crippen molar-refractivity contribution in [2.24, 2.45) is 0 Å². The number of anilines is 1. The van der Waals surface area contributed by atoms with E-state index in [2.05, 4.69) is 35.0 Å². The Morgan fingerprint density at radius 2 is 1.89 bits per heavy atom. The summed E-state index contributed by atoms with van der Waals surface area (Å²) in [7, 11) is 2.16. The first-order valence-corrected chi connectivity index (χ1v) is 7.19. The SMILES string of the molecule is CN1CCN(c2cc(CCl)c3ccccc3n2)CC1. The van der Waals surface area contributed by atoms with Gasteiger partial charge in [0.15, 0.2) is 0 Å². The van der Waals surface area contributed by atoms with Crippen molar-refractivity contribution in [2.75, 3.05) is 38.1 Å². The third kappa shape index (κ3) is 2.53. The molecule has 0 unspecified atom stereocenters. The second kappa shape index (κ2) is 5.35. The summed E-state index contributed by atoms with van der Waals surface area (Å²) >= 11 is 6.09. The van der Waals surface area contributed by atoms with Gasteiger partial charge in [0.1, 0.15) is 5.82 Å². The highest BCUT2D eigenvalue weighted by molar-refractivity contribution is 6.18. The third-order valence-corrected chi connectivity index (χ3v) is 4.05. The number of para-hydroxylation sites is 1. The van der Waals surface area contributed by atoms with Gasteiger partial charge in [-0.15, -0.1) is 11.6 Å². The molecule has 1 aliphatic heterocycles. The first-order valence-electron chi connectivity index (χ1n) is 6.66. The van der Waals surface area contributed by atoms with E-state index in [4.69, 9.17) is 16.6 Å². The second-order valence-electron chi connectivity index (χ2n) is 5.08. The minimum absolute atomic E-state index is 0.532. The van der Waals surface area contributed by atoms with Crippen molar-refractivity contribution in [1.82, 2.24) is 9.88 Å². The third-order valence-electron chi connectivity index (χ3n) is 3.76. The number of alkyl halides is 1. The Morgan fingerprint density at radius 3 is 2.63 bits per heavy atom. The lowest BCUT2D eigenvalue weighted by Crippen LogP contribution is -2.44. The second-order valence-corrected chi connectivity index (χ2v) is 5.35. The Kier molecular flexibility index (Phi) is 3.58. The molecule has 0 saturated carbocycles. The van der Waals surface area contributed by atoms with Gasteiger partial charge < -0.3 is 9.80 Å². The lowest BCUT2D eigenvalue weighted by molar-refractivity contribution is 0.312. The molecule has 4 heteroatoms. The van der Waals surface area contributed by atoms with Crippen LogP contribution in [0.3, 0.4) is 0 Å². The summed E-state index contributed by atoms with van der Waals surface area (Å²) < 4.78 is 0. The fraction of sp³-hybridized carbons (Fsp3) is 0.400. The zero-order valence-electron chi connectivity index (χ0n) is 11.1. The molecular weight excluding hydrogens is 258 g/mol. The molecule has 0 amide bonds. The van der Waals surface area contributed by atoms with Gasteiger partial charge in [-0.25, -0.2) is 4.98 Å². The number of hydrogen-bond acceptors (Lipinski definition) is 3. The zero-order valence-corrected chi connectivity index (χ0v) is 11.9. The molecule has 2 aromatic rings. The van der Waals surface area contributed by atoms with Gasteiger partial charge in [-0.05, 0) is 24.7 Å².